The van der Waals surface area contributed by atoms with Crippen molar-refractivity contribution >= 4 is 54.3 Å². The molecule has 0 fully saturated rings. The third kappa shape index (κ3) is 3.97. The number of hydrogen-bond acceptors (Lipinski definition) is 1. The Kier molecular flexibility index (Phi) is 5.64. The summed E-state index contributed by atoms with van der Waals surface area (Å²) < 4.78 is 6.33. The van der Waals surface area contributed by atoms with Crippen LogP contribution in [0.15, 0.2) is 174 Å². The smallest absolute Gasteiger partial charge is 0.136 e. The summed E-state index contributed by atoms with van der Waals surface area (Å²) in [7, 11) is 0. The molecule has 0 spiro atoms. The highest BCUT2D eigenvalue weighted by Gasteiger charge is 2.21. The fourth-order valence-corrected chi connectivity index (χ4v) is 7.73. The maximum Gasteiger partial charge on any atom is 0.136 e. The second-order valence-corrected chi connectivity index (χ2v) is 12.4. The predicted molar refractivity (Wildman–Crippen MR) is 199 cm³/mol. The number of benzene rings is 9. The zero-order valence-corrected chi connectivity index (χ0v) is 25.6. The lowest BCUT2D eigenvalue weighted by Crippen LogP contribution is -1.92. The molecule has 218 valence electrons. The molecule has 0 aliphatic carbocycles. The molecule has 0 amide bonds. The molecular formula is C46H28O. The maximum atomic E-state index is 6.33. The predicted octanol–water partition coefficient (Wildman–Crippen LogP) is 13.2. The monoisotopic (exact) mass is 596 g/mol. The first-order valence-corrected chi connectivity index (χ1v) is 16.2. The van der Waals surface area contributed by atoms with Crippen LogP contribution in [0.4, 0.5) is 0 Å². The van der Waals surface area contributed by atoms with Crippen LogP contribution >= 0.6 is 0 Å². The Morgan fingerprint density at radius 1 is 0.298 bits per heavy atom. The molecule has 0 saturated carbocycles. The van der Waals surface area contributed by atoms with Gasteiger partial charge >= 0.3 is 0 Å². The quantitative estimate of drug-likeness (QED) is 0.145. The molecule has 0 N–H and O–H groups in total. The molecule has 0 aliphatic rings. The number of hydrogen-bond donors (Lipinski definition) is 0. The molecule has 0 atom stereocenters. The SMILES string of the molecule is c1ccc(-c2ccc(-c3cccc(-c4c5ccccc5c(-c5ccc6oc7cccc8ccc5c6c87)c5ccccc45)c3)cc2)cc1. The molecule has 1 nitrogen and oxygen atoms in total. The van der Waals surface area contributed by atoms with Crippen LogP contribution in [-0.2, 0) is 0 Å². The van der Waals surface area contributed by atoms with E-state index < -0.39 is 0 Å². The first-order chi connectivity index (χ1) is 23.3. The lowest BCUT2D eigenvalue weighted by molar-refractivity contribution is 0.669. The lowest BCUT2D eigenvalue weighted by atomic mass is 9.84. The average Bonchev–Trinajstić information content (AvgIpc) is 3.53. The third-order valence-corrected chi connectivity index (χ3v) is 9.84. The van der Waals surface area contributed by atoms with Gasteiger partial charge in [-0.15, -0.1) is 0 Å². The first-order valence-electron chi connectivity index (χ1n) is 16.2. The molecule has 0 radical (unpaired) electrons. The van der Waals surface area contributed by atoms with Crippen LogP contribution < -0.4 is 0 Å². The van der Waals surface area contributed by atoms with Crippen molar-refractivity contribution in [1.29, 1.82) is 0 Å². The molecule has 0 saturated heterocycles. The minimum atomic E-state index is 0.939. The van der Waals surface area contributed by atoms with E-state index in [9.17, 15) is 0 Å². The van der Waals surface area contributed by atoms with Gasteiger partial charge in [0, 0.05) is 10.8 Å². The van der Waals surface area contributed by atoms with E-state index in [4.69, 9.17) is 4.42 Å². The summed E-state index contributed by atoms with van der Waals surface area (Å²) in [5, 5.41) is 9.86. The Balaban J connectivity index is 1.20. The van der Waals surface area contributed by atoms with Crippen LogP contribution in [0.5, 0.6) is 0 Å². The molecule has 9 aromatic carbocycles. The maximum absolute atomic E-state index is 6.33. The van der Waals surface area contributed by atoms with E-state index >= 15 is 0 Å². The molecule has 0 bridgehead atoms. The summed E-state index contributed by atoms with van der Waals surface area (Å²) in [6.45, 7) is 0. The van der Waals surface area contributed by atoms with Gasteiger partial charge in [-0.25, -0.2) is 0 Å². The van der Waals surface area contributed by atoms with Crippen LogP contribution in [0.1, 0.15) is 0 Å². The highest BCUT2D eigenvalue weighted by molar-refractivity contribution is 6.28. The van der Waals surface area contributed by atoms with Crippen molar-refractivity contribution in [3.05, 3.63) is 170 Å². The Morgan fingerprint density at radius 2 is 0.851 bits per heavy atom. The zero-order chi connectivity index (χ0) is 30.9. The molecule has 0 unspecified atom stereocenters. The summed E-state index contributed by atoms with van der Waals surface area (Å²) in [5.41, 5.74) is 11.7. The molecule has 1 heterocycles. The highest BCUT2D eigenvalue weighted by atomic mass is 16.3. The normalized spacial score (nSPS) is 11.8. The molecular weight excluding hydrogens is 569 g/mol. The lowest BCUT2D eigenvalue weighted by Gasteiger charge is -2.19. The van der Waals surface area contributed by atoms with Gasteiger partial charge < -0.3 is 4.42 Å². The van der Waals surface area contributed by atoms with Crippen molar-refractivity contribution < 1.29 is 4.42 Å². The van der Waals surface area contributed by atoms with Crippen LogP contribution in [0.3, 0.4) is 0 Å². The number of fused-ring (bicyclic) bond motifs is 2. The van der Waals surface area contributed by atoms with Crippen LogP contribution in [0.2, 0.25) is 0 Å². The van der Waals surface area contributed by atoms with E-state index in [0.717, 1.165) is 11.2 Å². The van der Waals surface area contributed by atoms with Gasteiger partial charge in [-0.3, -0.25) is 0 Å². The van der Waals surface area contributed by atoms with Gasteiger partial charge in [-0.1, -0.05) is 146 Å². The Labute approximate surface area is 272 Å². The number of furan rings is 1. The van der Waals surface area contributed by atoms with Crippen LogP contribution in [0, 0.1) is 0 Å². The Bertz CT molecular complexity index is 2710. The van der Waals surface area contributed by atoms with Crippen LogP contribution in [-0.4, -0.2) is 0 Å². The van der Waals surface area contributed by atoms with Gasteiger partial charge in [0.1, 0.15) is 11.2 Å². The van der Waals surface area contributed by atoms with E-state index in [2.05, 4.69) is 170 Å². The second-order valence-electron chi connectivity index (χ2n) is 12.4. The van der Waals surface area contributed by atoms with Crippen molar-refractivity contribution in [2.24, 2.45) is 0 Å². The van der Waals surface area contributed by atoms with Gasteiger partial charge in [-0.05, 0) is 101 Å². The van der Waals surface area contributed by atoms with Gasteiger partial charge in [0.25, 0.3) is 0 Å². The molecule has 10 aromatic rings. The van der Waals surface area contributed by atoms with Gasteiger partial charge in [-0.2, -0.15) is 0 Å². The molecule has 10 rings (SSSR count). The van der Waals surface area contributed by atoms with Crippen molar-refractivity contribution in [2.45, 2.75) is 0 Å². The minimum Gasteiger partial charge on any atom is -0.456 e. The van der Waals surface area contributed by atoms with E-state index in [1.807, 2.05) is 0 Å². The zero-order valence-electron chi connectivity index (χ0n) is 25.6. The average molecular weight is 597 g/mol. The number of rotatable bonds is 4. The van der Waals surface area contributed by atoms with Gasteiger partial charge in [0.2, 0.25) is 0 Å². The summed E-state index contributed by atoms with van der Waals surface area (Å²) in [4.78, 5) is 0. The first kappa shape index (κ1) is 26.1. The van der Waals surface area contributed by atoms with Gasteiger partial charge in [0.05, 0.1) is 0 Å². The van der Waals surface area contributed by atoms with E-state index in [-0.39, 0.29) is 0 Å². The summed E-state index contributed by atoms with van der Waals surface area (Å²) in [5.74, 6) is 0. The summed E-state index contributed by atoms with van der Waals surface area (Å²) in [6, 6.07) is 61.6. The topological polar surface area (TPSA) is 13.1 Å². The van der Waals surface area contributed by atoms with Crippen molar-refractivity contribution in [3.63, 3.8) is 0 Å². The minimum absolute atomic E-state index is 0.939. The van der Waals surface area contributed by atoms with Crippen LogP contribution in [0.25, 0.3) is 98.8 Å². The largest absolute Gasteiger partial charge is 0.456 e. The molecule has 47 heavy (non-hydrogen) atoms. The summed E-state index contributed by atoms with van der Waals surface area (Å²) in [6.07, 6.45) is 0. The van der Waals surface area contributed by atoms with E-state index in [1.165, 1.54) is 87.6 Å². The molecule has 1 aromatic heterocycles. The molecule has 1 heteroatoms. The third-order valence-electron chi connectivity index (χ3n) is 9.84. The van der Waals surface area contributed by atoms with Crippen molar-refractivity contribution in [1.82, 2.24) is 0 Å². The van der Waals surface area contributed by atoms with Gasteiger partial charge in [0.15, 0.2) is 0 Å². The fourth-order valence-electron chi connectivity index (χ4n) is 7.73. The fraction of sp³-hybridized carbons (Fsp3) is 0. The van der Waals surface area contributed by atoms with Crippen molar-refractivity contribution in [3.8, 4) is 44.5 Å². The van der Waals surface area contributed by atoms with E-state index in [1.54, 1.807) is 0 Å². The van der Waals surface area contributed by atoms with E-state index in [0.29, 0.717) is 0 Å². The summed E-state index contributed by atoms with van der Waals surface area (Å²) >= 11 is 0. The highest BCUT2D eigenvalue weighted by Crippen LogP contribution is 2.48. The van der Waals surface area contributed by atoms with Crippen molar-refractivity contribution in [2.75, 3.05) is 0 Å². The Morgan fingerprint density at radius 3 is 1.57 bits per heavy atom. The Hall–Kier alpha value is -6.18. The second kappa shape index (κ2) is 10.2. The molecule has 0 aliphatic heterocycles. The standard InChI is InChI=1S/C46H28O/c1-2-10-29(11-3-1)30-20-22-31(23-21-30)33-13-8-14-34(28-33)43-35-15-4-6-17-37(35)45(38-18-7-5-16-36(38)43)39-26-27-42-46-40(39)25-24-32-12-9-19-41(47-42)44(32)46/h1-28H.